The lowest BCUT2D eigenvalue weighted by atomic mass is 10.1. The van der Waals surface area contributed by atoms with E-state index in [1.54, 1.807) is 22.7 Å². The maximum atomic E-state index is 5.73. The summed E-state index contributed by atoms with van der Waals surface area (Å²) in [5, 5.41) is 4.78. The maximum Gasteiger partial charge on any atom is 0.163 e. The monoisotopic (exact) mass is 328 g/mol. The summed E-state index contributed by atoms with van der Waals surface area (Å²) in [5.74, 6) is 2.08. The second kappa shape index (κ2) is 6.72. The van der Waals surface area contributed by atoms with Crippen LogP contribution in [0.5, 0.6) is 0 Å². The third-order valence-electron chi connectivity index (χ3n) is 4.73. The molecule has 1 saturated heterocycles. The Labute approximate surface area is 140 Å². The van der Waals surface area contributed by atoms with Gasteiger partial charge in [-0.15, -0.1) is 0 Å². The van der Waals surface area contributed by atoms with E-state index in [1.807, 2.05) is 6.07 Å². The van der Waals surface area contributed by atoms with Gasteiger partial charge in [0.15, 0.2) is 11.8 Å². The normalized spacial score (nSPS) is 17.4. The molecule has 1 aliphatic heterocycles. The van der Waals surface area contributed by atoms with Crippen molar-refractivity contribution in [1.29, 1.82) is 0 Å². The molecule has 3 aromatic rings. The molecule has 23 heavy (non-hydrogen) atoms. The Balaban J connectivity index is 1.53. The average Bonchev–Trinajstić information content (AvgIpc) is 3.26. The molecule has 2 N–H and O–H groups in total. The minimum atomic E-state index is 0.353. The molecule has 0 saturated carbocycles. The fourth-order valence-corrected chi connectivity index (χ4v) is 4.26. The van der Waals surface area contributed by atoms with E-state index in [1.165, 1.54) is 42.4 Å². The number of hydrogen-bond acceptors (Lipinski definition) is 4. The van der Waals surface area contributed by atoms with Crippen LogP contribution in [0.25, 0.3) is 10.1 Å². The summed E-state index contributed by atoms with van der Waals surface area (Å²) < 4.78 is 11.5. The van der Waals surface area contributed by atoms with Crippen LogP contribution in [0.3, 0.4) is 0 Å². The van der Waals surface area contributed by atoms with Gasteiger partial charge in [-0.05, 0) is 55.1 Å². The van der Waals surface area contributed by atoms with Crippen molar-refractivity contribution in [3.63, 3.8) is 0 Å². The Morgan fingerprint density at radius 2 is 2.00 bits per heavy atom. The van der Waals surface area contributed by atoms with Crippen LogP contribution in [0.2, 0.25) is 0 Å². The summed E-state index contributed by atoms with van der Waals surface area (Å²) in [4.78, 5) is 1.62. The highest BCUT2D eigenvalue weighted by molar-refractivity contribution is 7.13. The highest BCUT2D eigenvalue weighted by Gasteiger charge is 2.28. The first-order valence-corrected chi connectivity index (χ1v) is 9.15. The topological polar surface area (TPSA) is 42.5 Å². The molecular weight excluding hydrogens is 306 g/mol. The zero-order chi connectivity index (χ0) is 15.5. The van der Waals surface area contributed by atoms with Crippen molar-refractivity contribution in [2.75, 3.05) is 25.0 Å². The zero-order valence-corrected chi connectivity index (χ0v) is 13.9. The van der Waals surface area contributed by atoms with Gasteiger partial charge in [0.1, 0.15) is 5.82 Å². The van der Waals surface area contributed by atoms with Crippen molar-refractivity contribution in [3.8, 4) is 0 Å². The van der Waals surface area contributed by atoms with Gasteiger partial charge in [0, 0.05) is 5.39 Å². The predicted octanol–water partition coefficient (Wildman–Crippen LogP) is 3.11. The van der Waals surface area contributed by atoms with Gasteiger partial charge in [-0.2, -0.15) is 4.37 Å². The van der Waals surface area contributed by atoms with Crippen molar-refractivity contribution in [2.45, 2.75) is 25.3 Å². The number of likely N-dealkylation sites (tertiary alicyclic amines) is 1. The molecule has 120 valence electrons. The summed E-state index contributed by atoms with van der Waals surface area (Å²) in [6.07, 6.45) is 5.76. The molecule has 1 fully saturated rings. The molecule has 1 aliphatic rings. The quantitative estimate of drug-likeness (QED) is 0.756. The molecule has 4 nitrogen and oxygen atoms in total. The molecule has 0 radical (unpaired) electrons. The number of piperidine rings is 1. The van der Waals surface area contributed by atoms with Crippen molar-refractivity contribution in [1.82, 2.24) is 4.37 Å². The molecule has 5 heteroatoms. The number of benzene rings is 1. The van der Waals surface area contributed by atoms with E-state index in [0.717, 1.165) is 18.1 Å². The van der Waals surface area contributed by atoms with Crippen molar-refractivity contribution >= 4 is 27.4 Å². The molecule has 0 bridgehead atoms. The number of hydrogen-bond donors (Lipinski definition) is 2. The number of nitrogens with one attached hydrogen (secondary N) is 2. The van der Waals surface area contributed by atoms with E-state index < -0.39 is 0 Å². The average molecular weight is 328 g/mol. The maximum absolute atomic E-state index is 5.73. The second-order valence-electron chi connectivity index (χ2n) is 6.20. The Kier molecular flexibility index (Phi) is 4.30. The Hall–Kier alpha value is -1.85. The van der Waals surface area contributed by atoms with Gasteiger partial charge in [-0.3, -0.25) is 0 Å². The third-order valence-corrected chi connectivity index (χ3v) is 5.55. The SMILES string of the molecule is c1coc([C@@H](CNc2nsc3ccccc23)[NH+]2CCCCC2)c1. The van der Waals surface area contributed by atoms with E-state index in [2.05, 4.69) is 40.0 Å². The van der Waals surface area contributed by atoms with Gasteiger partial charge in [0.2, 0.25) is 0 Å². The lowest BCUT2D eigenvalue weighted by Crippen LogP contribution is -3.13. The Morgan fingerprint density at radius 1 is 1.13 bits per heavy atom. The molecule has 0 aliphatic carbocycles. The van der Waals surface area contributed by atoms with Crippen molar-refractivity contribution in [3.05, 3.63) is 48.4 Å². The Bertz CT molecular complexity index is 747. The van der Waals surface area contributed by atoms with E-state index in [0.29, 0.717) is 6.04 Å². The summed E-state index contributed by atoms with van der Waals surface area (Å²) in [6, 6.07) is 12.8. The van der Waals surface area contributed by atoms with E-state index in [4.69, 9.17) is 4.42 Å². The number of rotatable bonds is 5. The van der Waals surface area contributed by atoms with E-state index in [9.17, 15) is 0 Å². The largest absolute Gasteiger partial charge is 0.463 e. The first-order valence-electron chi connectivity index (χ1n) is 8.38. The number of fused-ring (bicyclic) bond motifs is 1. The summed E-state index contributed by atoms with van der Waals surface area (Å²) >= 11 is 1.56. The lowest BCUT2D eigenvalue weighted by molar-refractivity contribution is -0.935. The first-order chi connectivity index (χ1) is 11.4. The molecule has 0 unspecified atom stereocenters. The highest BCUT2D eigenvalue weighted by atomic mass is 32.1. The smallest absolute Gasteiger partial charge is 0.163 e. The third kappa shape index (κ3) is 3.12. The summed E-state index contributed by atoms with van der Waals surface area (Å²) in [7, 11) is 0. The molecular formula is C18H22N3OS+. The summed E-state index contributed by atoms with van der Waals surface area (Å²) in [6.45, 7) is 3.31. The van der Waals surface area contributed by atoms with Crippen LogP contribution >= 0.6 is 11.5 Å². The second-order valence-corrected chi connectivity index (χ2v) is 7.00. The predicted molar refractivity (Wildman–Crippen MR) is 94.1 cm³/mol. The fourth-order valence-electron chi connectivity index (χ4n) is 3.50. The number of anilines is 1. The van der Waals surface area contributed by atoms with Crippen LogP contribution in [0.1, 0.15) is 31.1 Å². The van der Waals surface area contributed by atoms with Crippen LogP contribution in [0.15, 0.2) is 47.1 Å². The van der Waals surface area contributed by atoms with Gasteiger partial charge < -0.3 is 14.6 Å². The standard InChI is InChI=1S/C18H21N3OS/c1-4-10-21(11-5-1)15(16-8-6-12-22-16)13-19-18-14-7-2-3-9-17(14)23-20-18/h2-3,6-9,12,15H,1,4-5,10-11,13H2,(H,19,20)/p+1/t15-/m1/s1. The minimum absolute atomic E-state index is 0.353. The molecule has 0 spiro atoms. The van der Waals surface area contributed by atoms with Crippen LogP contribution in [0, 0.1) is 0 Å². The first kappa shape index (κ1) is 14.7. The van der Waals surface area contributed by atoms with Gasteiger partial charge >= 0.3 is 0 Å². The van der Waals surface area contributed by atoms with Gasteiger partial charge in [0.05, 0.1) is 30.6 Å². The van der Waals surface area contributed by atoms with E-state index in [-0.39, 0.29) is 0 Å². The number of quaternary nitrogens is 1. The molecule has 1 aromatic carbocycles. The minimum Gasteiger partial charge on any atom is -0.463 e. The number of aromatic nitrogens is 1. The molecule has 0 amide bonds. The zero-order valence-electron chi connectivity index (χ0n) is 13.1. The van der Waals surface area contributed by atoms with Crippen LogP contribution in [-0.4, -0.2) is 24.0 Å². The highest BCUT2D eigenvalue weighted by Crippen LogP contribution is 2.26. The number of furan rings is 1. The molecule has 1 atom stereocenters. The van der Waals surface area contributed by atoms with Crippen molar-refractivity contribution in [2.24, 2.45) is 0 Å². The summed E-state index contributed by atoms with van der Waals surface area (Å²) in [5.41, 5.74) is 0. The van der Waals surface area contributed by atoms with E-state index >= 15 is 0 Å². The van der Waals surface area contributed by atoms with Gasteiger partial charge in [-0.1, -0.05) is 12.1 Å². The molecule has 3 heterocycles. The lowest BCUT2D eigenvalue weighted by Gasteiger charge is -2.30. The van der Waals surface area contributed by atoms with Gasteiger partial charge in [0.25, 0.3) is 0 Å². The molecule has 4 rings (SSSR count). The van der Waals surface area contributed by atoms with Crippen LogP contribution in [0.4, 0.5) is 5.82 Å². The van der Waals surface area contributed by atoms with Crippen molar-refractivity contribution < 1.29 is 9.32 Å². The van der Waals surface area contributed by atoms with Gasteiger partial charge in [-0.25, -0.2) is 0 Å². The molecule has 2 aromatic heterocycles. The van der Waals surface area contributed by atoms with Crippen LogP contribution in [-0.2, 0) is 0 Å². The fraction of sp³-hybridized carbons (Fsp3) is 0.389. The number of nitrogens with zero attached hydrogens (tertiary/aromatic N) is 1. The Morgan fingerprint density at radius 3 is 2.83 bits per heavy atom. The van der Waals surface area contributed by atoms with Crippen LogP contribution < -0.4 is 10.2 Å².